The molecule has 0 radical (unpaired) electrons. The van der Waals surface area contributed by atoms with E-state index in [1.807, 2.05) is 0 Å². The van der Waals surface area contributed by atoms with Crippen LogP contribution in [0.1, 0.15) is 19.3 Å². The van der Waals surface area contributed by atoms with Crippen molar-refractivity contribution in [3.05, 3.63) is 0 Å². The van der Waals surface area contributed by atoms with Crippen LogP contribution in [-0.2, 0) is 28.8 Å². The standard InChI is InChI=1S/3C4H7NO4.2B/c3*5-2(4(8)9)1-3(6)7;;/h3*2H,1,5H2,(H,6,7)(H,8,9);;/q;;;2*+3/p-6/t3*2-;;/m000../s1. The van der Waals surface area contributed by atoms with Crippen molar-refractivity contribution in [2.45, 2.75) is 37.4 Å². The molecule has 0 saturated carbocycles. The molecule has 0 aromatic carbocycles. The van der Waals surface area contributed by atoms with E-state index in [2.05, 4.69) is 0 Å². The van der Waals surface area contributed by atoms with Crippen molar-refractivity contribution >= 4 is 52.6 Å². The zero-order chi connectivity index (χ0) is 22.3. The molecule has 0 spiro atoms. The molecule has 0 aromatic heterocycles. The van der Waals surface area contributed by atoms with E-state index in [0.717, 1.165) is 0 Å². The van der Waals surface area contributed by atoms with Crippen LogP contribution < -0.4 is 47.8 Å². The molecule has 0 unspecified atom stereocenters. The van der Waals surface area contributed by atoms with Crippen molar-refractivity contribution in [3.8, 4) is 0 Å². The fraction of sp³-hybridized carbons (Fsp3) is 0.500. The summed E-state index contributed by atoms with van der Waals surface area (Å²) in [6.45, 7) is 0. The number of rotatable bonds is 9. The predicted molar refractivity (Wildman–Crippen MR) is 79.3 cm³/mol. The normalized spacial score (nSPS) is 11.7. The Morgan fingerprint density at radius 2 is 0.621 bits per heavy atom. The van der Waals surface area contributed by atoms with E-state index in [1.165, 1.54) is 0 Å². The maximum absolute atomic E-state index is 9.71. The van der Waals surface area contributed by atoms with Gasteiger partial charge in [-0.2, -0.15) is 0 Å². The van der Waals surface area contributed by atoms with Crippen LogP contribution in [0.25, 0.3) is 0 Å². The third-order valence-electron chi connectivity index (χ3n) is 2.07. The van der Waals surface area contributed by atoms with Gasteiger partial charge in [0.1, 0.15) is 0 Å². The minimum Gasteiger partial charge on any atom is -0.550 e. The molecule has 0 aliphatic rings. The van der Waals surface area contributed by atoms with Gasteiger partial charge in [-0.3, -0.25) is 0 Å². The molecule has 0 aliphatic carbocycles. The molecule has 0 amide bonds. The quantitative estimate of drug-likeness (QED) is 0.294. The summed E-state index contributed by atoms with van der Waals surface area (Å²) in [5.41, 5.74) is 14.2. The van der Waals surface area contributed by atoms with Crippen LogP contribution >= 0.6 is 0 Å². The molecule has 0 heterocycles. The van der Waals surface area contributed by atoms with E-state index in [0.29, 0.717) is 0 Å². The summed E-state index contributed by atoms with van der Waals surface area (Å²) in [7, 11) is 0. The largest absolute Gasteiger partial charge is 3.00 e. The van der Waals surface area contributed by atoms with Crippen LogP contribution in [-0.4, -0.2) is 70.8 Å². The summed E-state index contributed by atoms with van der Waals surface area (Å²) < 4.78 is 0. The summed E-state index contributed by atoms with van der Waals surface area (Å²) in [6.07, 6.45) is -2.12. The zero-order valence-corrected chi connectivity index (χ0v) is 14.6. The average molecular weight is 415 g/mol. The minimum atomic E-state index is -1.58. The van der Waals surface area contributed by atoms with Crippen molar-refractivity contribution in [2.75, 3.05) is 0 Å². The van der Waals surface area contributed by atoms with E-state index in [-0.39, 0.29) is 16.8 Å². The van der Waals surface area contributed by atoms with Gasteiger partial charge in [-0.05, 0) is 0 Å². The molecule has 15 nitrogen and oxygen atoms in total. The van der Waals surface area contributed by atoms with Crippen LogP contribution in [0.15, 0.2) is 0 Å². The summed E-state index contributed by atoms with van der Waals surface area (Å²) in [5, 5.41) is 58.0. The minimum absolute atomic E-state index is 0. The average Bonchev–Trinajstić information content (AvgIpc) is 2.46. The van der Waals surface area contributed by atoms with E-state index in [4.69, 9.17) is 17.2 Å². The zero-order valence-electron chi connectivity index (χ0n) is 14.6. The second-order valence-corrected chi connectivity index (χ2v) is 4.50. The molecule has 6 N–H and O–H groups in total. The number of aliphatic carboxylic acids is 6. The number of carboxylic acids is 6. The summed E-state index contributed by atoms with van der Waals surface area (Å²) >= 11 is 0. The summed E-state index contributed by atoms with van der Waals surface area (Å²) in [4.78, 5) is 58.0. The van der Waals surface area contributed by atoms with E-state index >= 15 is 0 Å². The second kappa shape index (κ2) is 19.6. The Balaban J connectivity index is -0.0000000960. The number of hydrogen-bond donors (Lipinski definition) is 3. The number of nitrogens with two attached hydrogens (primary N) is 3. The molecule has 0 aliphatic heterocycles. The van der Waals surface area contributed by atoms with Crippen LogP contribution in [0, 0.1) is 0 Å². The van der Waals surface area contributed by atoms with Gasteiger partial charge in [0, 0.05) is 55.3 Å². The van der Waals surface area contributed by atoms with Gasteiger partial charge >= 0.3 is 16.8 Å². The number of carbonyl (C=O) groups is 6. The topological polar surface area (TPSA) is 319 Å². The van der Waals surface area contributed by atoms with Crippen molar-refractivity contribution in [1.82, 2.24) is 0 Å². The molecule has 17 heteroatoms. The number of hydrogen-bond acceptors (Lipinski definition) is 15. The maximum Gasteiger partial charge on any atom is 3.00 e. The first kappa shape index (κ1) is 36.7. The van der Waals surface area contributed by atoms with Crippen LogP contribution in [0.4, 0.5) is 0 Å². The Morgan fingerprint density at radius 3 is 0.655 bits per heavy atom. The van der Waals surface area contributed by atoms with Gasteiger partial charge in [0.2, 0.25) is 0 Å². The van der Waals surface area contributed by atoms with Crippen molar-refractivity contribution in [1.29, 1.82) is 0 Å². The maximum atomic E-state index is 9.71. The Labute approximate surface area is 167 Å². The molecule has 0 saturated heterocycles. The molecule has 0 bridgehead atoms. The molecule has 29 heavy (non-hydrogen) atoms. The SMILES string of the molecule is N[C@@H](CC(=O)[O-])C(=O)[O-].N[C@@H](CC(=O)[O-])C(=O)[O-].N[C@@H](CC(=O)[O-])C(=O)[O-].[B+3].[B+3]. The van der Waals surface area contributed by atoms with Gasteiger partial charge in [0.25, 0.3) is 0 Å². The first-order chi connectivity index (χ1) is 12.1. The third-order valence-corrected chi connectivity index (χ3v) is 2.07. The fourth-order valence-corrected chi connectivity index (χ4v) is 0.789. The van der Waals surface area contributed by atoms with Crippen molar-refractivity contribution in [3.63, 3.8) is 0 Å². The molecular weight excluding hydrogens is 400 g/mol. The van der Waals surface area contributed by atoms with E-state index < -0.39 is 73.2 Å². The van der Waals surface area contributed by atoms with E-state index in [9.17, 15) is 59.4 Å². The first-order valence-electron chi connectivity index (χ1n) is 6.60. The van der Waals surface area contributed by atoms with Gasteiger partial charge in [-0.15, -0.1) is 0 Å². The Bertz CT molecular complexity index is 484. The van der Waals surface area contributed by atoms with Crippen molar-refractivity contribution < 1.29 is 59.4 Å². The third kappa shape index (κ3) is 29.8. The van der Waals surface area contributed by atoms with Gasteiger partial charge in [0.15, 0.2) is 0 Å². The molecule has 3 atom stereocenters. The smallest absolute Gasteiger partial charge is 0.550 e. The van der Waals surface area contributed by atoms with Gasteiger partial charge in [0.05, 0.1) is 17.9 Å². The number of carbonyl (C=O) groups excluding carboxylic acids is 6. The van der Waals surface area contributed by atoms with Gasteiger partial charge in [-0.25, -0.2) is 0 Å². The van der Waals surface area contributed by atoms with Crippen LogP contribution in [0.2, 0.25) is 0 Å². The monoisotopic (exact) mass is 415 g/mol. The van der Waals surface area contributed by atoms with Crippen LogP contribution in [0.3, 0.4) is 0 Å². The van der Waals surface area contributed by atoms with E-state index in [1.54, 1.807) is 0 Å². The second-order valence-electron chi connectivity index (χ2n) is 4.50. The predicted octanol–water partition coefficient (Wildman–Crippen LogP) is -12.2. The van der Waals surface area contributed by atoms with Gasteiger partial charge < -0.3 is 76.6 Å². The van der Waals surface area contributed by atoms with Gasteiger partial charge in [-0.1, -0.05) is 0 Å². The summed E-state index contributed by atoms with van der Waals surface area (Å²) in [5.74, 6) is -9.23. The van der Waals surface area contributed by atoms with Crippen molar-refractivity contribution in [2.24, 2.45) is 17.2 Å². The van der Waals surface area contributed by atoms with Crippen LogP contribution in [0.5, 0.6) is 0 Å². The Kier molecular flexibility index (Phi) is 24.8. The molecule has 0 fully saturated rings. The molecule has 0 aromatic rings. The fourth-order valence-electron chi connectivity index (χ4n) is 0.789. The molecule has 156 valence electrons. The Hall–Kier alpha value is -3.17. The number of carboxylic acid groups (broad SMARTS) is 6. The molecular formula is C12H15B2N3O12. The molecule has 0 rings (SSSR count). The Morgan fingerprint density at radius 1 is 0.483 bits per heavy atom. The first-order valence-corrected chi connectivity index (χ1v) is 6.60. The summed E-state index contributed by atoms with van der Waals surface area (Å²) in [6, 6.07) is -4.39.